The molecule has 150 valence electrons. The molecule has 1 atom stereocenters. The Kier molecular flexibility index (Phi) is 5.25. The van der Waals surface area contributed by atoms with Gasteiger partial charge in [0.15, 0.2) is 0 Å². The summed E-state index contributed by atoms with van der Waals surface area (Å²) < 4.78 is 20.0. The molecule has 2 aromatic rings. The summed E-state index contributed by atoms with van der Waals surface area (Å²) >= 11 is 0. The van der Waals surface area contributed by atoms with Crippen LogP contribution >= 0.6 is 0 Å². The normalized spacial score (nSPS) is 24.7. The van der Waals surface area contributed by atoms with Gasteiger partial charge in [0.25, 0.3) is 0 Å². The smallest absolute Gasteiger partial charge is 0.222 e. The molecule has 2 aliphatic heterocycles. The minimum Gasteiger partial charge on any atom is -0.460 e. The largest absolute Gasteiger partial charge is 0.460 e. The summed E-state index contributed by atoms with van der Waals surface area (Å²) in [5.74, 6) is 1.38. The first-order valence-electron chi connectivity index (χ1n) is 9.98. The Morgan fingerprint density at radius 1 is 1.07 bits per heavy atom. The van der Waals surface area contributed by atoms with Crippen LogP contribution in [0.5, 0.6) is 0 Å². The van der Waals surface area contributed by atoms with Crippen LogP contribution in [-0.4, -0.2) is 66.4 Å². The van der Waals surface area contributed by atoms with E-state index in [2.05, 4.69) is 16.8 Å². The summed E-state index contributed by atoms with van der Waals surface area (Å²) in [4.78, 5) is 18.8. The quantitative estimate of drug-likeness (QED) is 0.813. The molecular formula is C22H28FN3O2. The third-order valence-electron chi connectivity index (χ3n) is 6.40. The first-order chi connectivity index (χ1) is 13.5. The van der Waals surface area contributed by atoms with Crippen LogP contribution in [0.15, 0.2) is 40.8 Å². The van der Waals surface area contributed by atoms with E-state index in [-0.39, 0.29) is 17.3 Å². The highest BCUT2D eigenvalue weighted by atomic mass is 19.1. The van der Waals surface area contributed by atoms with Crippen molar-refractivity contribution in [3.05, 3.63) is 48.0 Å². The molecule has 4 rings (SSSR count). The Hall–Kier alpha value is -2.18. The van der Waals surface area contributed by atoms with Crippen molar-refractivity contribution in [2.45, 2.75) is 31.3 Å². The van der Waals surface area contributed by atoms with E-state index in [1.807, 2.05) is 30.1 Å². The van der Waals surface area contributed by atoms with Crippen molar-refractivity contribution in [1.29, 1.82) is 0 Å². The third-order valence-corrected chi connectivity index (χ3v) is 6.40. The number of benzene rings is 1. The fraction of sp³-hybridized carbons (Fsp3) is 0.500. The maximum atomic E-state index is 14.0. The van der Waals surface area contributed by atoms with Gasteiger partial charge in [0.05, 0.1) is 12.1 Å². The number of carbonyl (C=O) groups is 1. The standard InChI is InChI=1S/C22H28FN3O2/c1-24-12-11-22(10-9-21(24)27)16-26(14-13-25(22)2)15-17-7-8-20(28-17)18-5-3-4-6-19(18)23/h3-8H,9-16H2,1-2H3. The van der Waals surface area contributed by atoms with Gasteiger partial charge in [0, 0.05) is 45.2 Å². The number of carbonyl (C=O) groups excluding carboxylic acids is 1. The molecule has 1 unspecified atom stereocenters. The number of amides is 1. The van der Waals surface area contributed by atoms with Gasteiger partial charge in [-0.1, -0.05) is 12.1 Å². The zero-order chi connectivity index (χ0) is 19.7. The first-order valence-corrected chi connectivity index (χ1v) is 9.98. The van der Waals surface area contributed by atoms with Crippen LogP contribution in [0, 0.1) is 5.82 Å². The maximum absolute atomic E-state index is 14.0. The number of rotatable bonds is 3. The van der Waals surface area contributed by atoms with Gasteiger partial charge in [-0.05, 0) is 44.2 Å². The number of hydrogen-bond donors (Lipinski definition) is 0. The number of nitrogens with zero attached hydrogens (tertiary/aromatic N) is 3. The predicted octanol–water partition coefficient (Wildman–Crippen LogP) is 3.21. The summed E-state index contributed by atoms with van der Waals surface area (Å²) in [6.07, 6.45) is 2.48. The molecule has 2 saturated heterocycles. The third kappa shape index (κ3) is 3.71. The molecule has 0 saturated carbocycles. The van der Waals surface area contributed by atoms with Gasteiger partial charge in [-0.15, -0.1) is 0 Å². The Bertz CT molecular complexity index is 852. The lowest BCUT2D eigenvalue weighted by Gasteiger charge is -2.49. The molecule has 1 spiro atoms. The van der Waals surface area contributed by atoms with E-state index in [0.29, 0.717) is 24.3 Å². The van der Waals surface area contributed by atoms with Crippen LogP contribution in [0.25, 0.3) is 11.3 Å². The summed E-state index contributed by atoms with van der Waals surface area (Å²) in [5.41, 5.74) is 0.522. The molecule has 1 aromatic carbocycles. The van der Waals surface area contributed by atoms with E-state index in [1.165, 1.54) is 6.07 Å². The number of furan rings is 1. The topological polar surface area (TPSA) is 39.9 Å². The maximum Gasteiger partial charge on any atom is 0.222 e. The Morgan fingerprint density at radius 3 is 2.71 bits per heavy atom. The van der Waals surface area contributed by atoms with E-state index in [0.717, 1.165) is 44.8 Å². The van der Waals surface area contributed by atoms with Crippen LogP contribution in [0.4, 0.5) is 4.39 Å². The molecule has 1 aromatic heterocycles. The van der Waals surface area contributed by atoms with Crippen molar-refractivity contribution in [2.24, 2.45) is 0 Å². The van der Waals surface area contributed by atoms with Crippen LogP contribution in [0.3, 0.4) is 0 Å². The summed E-state index contributed by atoms with van der Waals surface area (Å²) in [5, 5.41) is 0. The number of likely N-dealkylation sites (N-methyl/N-ethyl adjacent to an activating group) is 1. The van der Waals surface area contributed by atoms with Crippen LogP contribution in [-0.2, 0) is 11.3 Å². The number of likely N-dealkylation sites (tertiary alicyclic amines) is 1. The fourth-order valence-corrected chi connectivity index (χ4v) is 4.46. The lowest BCUT2D eigenvalue weighted by atomic mass is 9.86. The zero-order valence-corrected chi connectivity index (χ0v) is 16.7. The van der Waals surface area contributed by atoms with Gasteiger partial charge >= 0.3 is 0 Å². The monoisotopic (exact) mass is 385 g/mol. The molecule has 0 N–H and O–H groups in total. The van der Waals surface area contributed by atoms with Gasteiger partial charge in [-0.25, -0.2) is 4.39 Å². The minimum absolute atomic E-state index is 0.0274. The fourth-order valence-electron chi connectivity index (χ4n) is 4.46. The summed E-state index contributed by atoms with van der Waals surface area (Å²) in [6, 6.07) is 10.5. The SMILES string of the molecule is CN1CCC2(CCC1=O)CN(Cc1ccc(-c3ccccc3F)o1)CCN2C. The molecule has 0 radical (unpaired) electrons. The van der Waals surface area contributed by atoms with Gasteiger partial charge in [-0.3, -0.25) is 14.6 Å². The van der Waals surface area contributed by atoms with E-state index in [1.54, 1.807) is 12.1 Å². The first kappa shape index (κ1) is 19.2. The van der Waals surface area contributed by atoms with Gasteiger partial charge < -0.3 is 9.32 Å². The van der Waals surface area contributed by atoms with Crippen molar-refractivity contribution >= 4 is 5.91 Å². The van der Waals surface area contributed by atoms with Crippen molar-refractivity contribution in [2.75, 3.05) is 40.3 Å². The highest BCUT2D eigenvalue weighted by molar-refractivity contribution is 5.76. The van der Waals surface area contributed by atoms with E-state index >= 15 is 0 Å². The van der Waals surface area contributed by atoms with E-state index in [4.69, 9.17) is 4.42 Å². The second kappa shape index (κ2) is 7.68. The molecule has 2 fully saturated rings. The zero-order valence-electron chi connectivity index (χ0n) is 16.7. The van der Waals surface area contributed by atoms with E-state index < -0.39 is 0 Å². The molecule has 28 heavy (non-hydrogen) atoms. The Morgan fingerprint density at radius 2 is 1.89 bits per heavy atom. The van der Waals surface area contributed by atoms with Crippen LogP contribution < -0.4 is 0 Å². The Labute approximate surface area is 165 Å². The molecule has 1 amide bonds. The van der Waals surface area contributed by atoms with Crippen LogP contribution in [0.2, 0.25) is 0 Å². The summed E-state index contributed by atoms with van der Waals surface area (Å²) in [6.45, 7) is 4.35. The predicted molar refractivity (Wildman–Crippen MR) is 106 cm³/mol. The molecule has 0 aliphatic carbocycles. The molecule has 3 heterocycles. The lowest BCUT2D eigenvalue weighted by Crippen LogP contribution is -2.60. The van der Waals surface area contributed by atoms with Crippen molar-refractivity contribution in [3.8, 4) is 11.3 Å². The van der Waals surface area contributed by atoms with Gasteiger partial charge in [0.1, 0.15) is 17.3 Å². The molecule has 0 bridgehead atoms. The minimum atomic E-state index is -0.269. The summed E-state index contributed by atoms with van der Waals surface area (Å²) in [7, 11) is 4.07. The average molecular weight is 385 g/mol. The highest BCUT2D eigenvalue weighted by Gasteiger charge is 2.41. The molecule has 5 nitrogen and oxygen atoms in total. The molecular weight excluding hydrogens is 357 g/mol. The molecule has 2 aliphatic rings. The lowest BCUT2D eigenvalue weighted by molar-refractivity contribution is -0.129. The number of piperazine rings is 1. The Balaban J connectivity index is 1.47. The van der Waals surface area contributed by atoms with Gasteiger partial charge in [-0.2, -0.15) is 0 Å². The van der Waals surface area contributed by atoms with Gasteiger partial charge in [0.2, 0.25) is 5.91 Å². The van der Waals surface area contributed by atoms with Crippen molar-refractivity contribution in [3.63, 3.8) is 0 Å². The van der Waals surface area contributed by atoms with E-state index in [9.17, 15) is 9.18 Å². The highest BCUT2D eigenvalue weighted by Crippen LogP contribution is 2.33. The second-order valence-electron chi connectivity index (χ2n) is 8.17. The molecule has 6 heteroatoms. The van der Waals surface area contributed by atoms with Crippen molar-refractivity contribution in [1.82, 2.24) is 14.7 Å². The number of halogens is 1. The van der Waals surface area contributed by atoms with Crippen molar-refractivity contribution < 1.29 is 13.6 Å². The van der Waals surface area contributed by atoms with Crippen LogP contribution in [0.1, 0.15) is 25.0 Å². The number of hydrogen-bond acceptors (Lipinski definition) is 4. The second-order valence-corrected chi connectivity index (χ2v) is 8.17. The average Bonchev–Trinajstić information content (AvgIpc) is 3.09.